The number of amides is 2. The molecule has 5 nitrogen and oxygen atoms in total. The van der Waals surface area contributed by atoms with Crippen LogP contribution in [0, 0.1) is 0 Å². The number of likely N-dealkylation sites (N-methyl/N-ethyl adjacent to an activating group) is 1. The minimum Gasteiger partial charge on any atom is -0.489 e. The Morgan fingerprint density at radius 2 is 2.23 bits per heavy atom. The highest BCUT2D eigenvalue weighted by Gasteiger charge is 2.39. The van der Waals surface area contributed by atoms with Gasteiger partial charge in [0.05, 0.1) is 6.54 Å². The third kappa shape index (κ3) is 5.65. The van der Waals surface area contributed by atoms with Crippen molar-refractivity contribution in [2.75, 3.05) is 25.5 Å². The Kier molecular flexibility index (Phi) is 6.24. The van der Waals surface area contributed by atoms with Gasteiger partial charge in [-0.25, -0.2) is 4.79 Å². The second-order valence-electron chi connectivity index (χ2n) is 4.50. The monoisotopic (exact) mass is 318 g/mol. The molecule has 0 aliphatic heterocycles. The van der Waals surface area contributed by atoms with E-state index < -0.39 is 24.9 Å². The fourth-order valence-corrected chi connectivity index (χ4v) is 1.48. The molecule has 8 heteroatoms. The summed E-state index contributed by atoms with van der Waals surface area (Å²) in [5.74, 6) is 0.482. The van der Waals surface area contributed by atoms with E-state index in [0.29, 0.717) is 11.4 Å². The molecule has 1 rings (SSSR count). The van der Waals surface area contributed by atoms with E-state index in [2.05, 4.69) is 11.9 Å². The van der Waals surface area contributed by atoms with E-state index in [0.717, 1.165) is 11.9 Å². The molecule has 1 atom stereocenters. The van der Waals surface area contributed by atoms with Crippen LogP contribution in [0.25, 0.3) is 0 Å². The number of anilines is 1. The lowest BCUT2D eigenvalue weighted by Crippen LogP contribution is -2.43. The van der Waals surface area contributed by atoms with Gasteiger partial charge in [-0.1, -0.05) is 18.7 Å². The number of carbonyl (C=O) groups is 1. The van der Waals surface area contributed by atoms with Gasteiger partial charge < -0.3 is 20.1 Å². The number of carbonyl (C=O) groups excluding carboxylic acids is 1. The van der Waals surface area contributed by atoms with E-state index in [1.165, 1.54) is 6.07 Å². The van der Waals surface area contributed by atoms with Gasteiger partial charge in [0.1, 0.15) is 12.4 Å². The SMILES string of the molecule is C=CCOc1cccc(NC(=O)N(C)CC(O)C(F)(F)F)c1. The second-order valence-corrected chi connectivity index (χ2v) is 4.50. The van der Waals surface area contributed by atoms with Gasteiger partial charge in [-0.3, -0.25) is 0 Å². The van der Waals surface area contributed by atoms with Crippen LogP contribution in [0.15, 0.2) is 36.9 Å². The van der Waals surface area contributed by atoms with Crippen molar-refractivity contribution in [1.82, 2.24) is 4.90 Å². The number of hydrogen-bond acceptors (Lipinski definition) is 3. The number of urea groups is 1. The molecular formula is C14H17F3N2O3. The van der Waals surface area contributed by atoms with E-state index in [9.17, 15) is 18.0 Å². The maximum absolute atomic E-state index is 12.2. The van der Waals surface area contributed by atoms with Crippen molar-refractivity contribution in [1.29, 1.82) is 0 Å². The molecule has 22 heavy (non-hydrogen) atoms. The summed E-state index contributed by atoms with van der Waals surface area (Å²) in [5.41, 5.74) is 0.361. The molecule has 0 bridgehead atoms. The normalized spacial score (nSPS) is 12.4. The fraction of sp³-hybridized carbons (Fsp3) is 0.357. The topological polar surface area (TPSA) is 61.8 Å². The standard InChI is InChI=1S/C14H17F3N2O3/c1-3-7-22-11-6-4-5-10(8-11)18-13(21)19(2)9-12(20)14(15,16)17/h3-6,8,12,20H,1,7,9H2,2H3,(H,18,21). The predicted molar refractivity (Wildman–Crippen MR) is 75.8 cm³/mol. The third-order valence-corrected chi connectivity index (χ3v) is 2.62. The zero-order chi connectivity index (χ0) is 16.8. The number of aliphatic hydroxyl groups is 1. The Bertz CT molecular complexity index is 520. The summed E-state index contributed by atoms with van der Waals surface area (Å²) in [7, 11) is 1.16. The van der Waals surface area contributed by atoms with Gasteiger partial charge in [0.15, 0.2) is 6.10 Å². The molecule has 0 aliphatic carbocycles. The van der Waals surface area contributed by atoms with Crippen LogP contribution in [0.4, 0.5) is 23.7 Å². The van der Waals surface area contributed by atoms with Gasteiger partial charge in [0.2, 0.25) is 0 Å². The Morgan fingerprint density at radius 3 is 2.82 bits per heavy atom. The molecule has 0 spiro atoms. The molecular weight excluding hydrogens is 301 g/mol. The minimum atomic E-state index is -4.77. The molecule has 0 fully saturated rings. The average Bonchev–Trinajstić information content (AvgIpc) is 2.44. The van der Waals surface area contributed by atoms with Crippen LogP contribution >= 0.6 is 0 Å². The number of ether oxygens (including phenoxy) is 1. The van der Waals surface area contributed by atoms with Gasteiger partial charge in [-0.15, -0.1) is 0 Å². The van der Waals surface area contributed by atoms with E-state index >= 15 is 0 Å². The number of hydrogen-bond donors (Lipinski definition) is 2. The van der Waals surface area contributed by atoms with Crippen LogP contribution in [-0.4, -0.2) is 48.5 Å². The average molecular weight is 318 g/mol. The number of benzene rings is 1. The van der Waals surface area contributed by atoms with Crippen LogP contribution < -0.4 is 10.1 Å². The minimum absolute atomic E-state index is 0.287. The number of halogens is 3. The Hall–Kier alpha value is -2.22. The summed E-state index contributed by atoms with van der Waals surface area (Å²) >= 11 is 0. The first-order valence-corrected chi connectivity index (χ1v) is 6.34. The largest absolute Gasteiger partial charge is 0.489 e. The maximum Gasteiger partial charge on any atom is 0.416 e. The van der Waals surface area contributed by atoms with Crippen LogP contribution in [0.1, 0.15) is 0 Å². The molecule has 122 valence electrons. The number of aliphatic hydroxyl groups excluding tert-OH is 1. The maximum atomic E-state index is 12.2. The molecule has 1 unspecified atom stereocenters. The molecule has 2 N–H and O–H groups in total. The van der Waals surface area contributed by atoms with Crippen molar-refractivity contribution in [2.45, 2.75) is 12.3 Å². The van der Waals surface area contributed by atoms with E-state index in [4.69, 9.17) is 9.84 Å². The molecule has 0 saturated heterocycles. The van der Waals surface area contributed by atoms with Crippen molar-refractivity contribution < 1.29 is 27.8 Å². The third-order valence-electron chi connectivity index (χ3n) is 2.62. The molecule has 2 amide bonds. The lowest BCUT2D eigenvalue weighted by atomic mass is 10.3. The smallest absolute Gasteiger partial charge is 0.416 e. The lowest BCUT2D eigenvalue weighted by Gasteiger charge is -2.22. The van der Waals surface area contributed by atoms with Gasteiger partial charge in [-0.2, -0.15) is 13.2 Å². The van der Waals surface area contributed by atoms with Crippen molar-refractivity contribution in [2.24, 2.45) is 0 Å². The van der Waals surface area contributed by atoms with Gasteiger partial charge in [0.25, 0.3) is 0 Å². The number of alkyl halides is 3. The molecule has 0 saturated carbocycles. The van der Waals surface area contributed by atoms with Crippen LogP contribution in [0.3, 0.4) is 0 Å². The summed E-state index contributed by atoms with van der Waals surface area (Å²) in [5, 5.41) is 11.4. The number of nitrogens with zero attached hydrogens (tertiary/aromatic N) is 1. The molecule has 0 aromatic heterocycles. The van der Waals surface area contributed by atoms with Gasteiger partial charge in [-0.05, 0) is 12.1 Å². The fourth-order valence-electron chi connectivity index (χ4n) is 1.48. The summed E-state index contributed by atoms with van der Waals surface area (Å²) in [6, 6.07) is 5.60. The van der Waals surface area contributed by atoms with Gasteiger partial charge >= 0.3 is 12.2 Å². The van der Waals surface area contributed by atoms with Gasteiger partial charge in [0, 0.05) is 18.8 Å². The molecule has 0 aliphatic rings. The summed E-state index contributed by atoms with van der Waals surface area (Å²) in [6.45, 7) is 2.93. The van der Waals surface area contributed by atoms with Crippen LogP contribution in [0.5, 0.6) is 5.75 Å². The lowest BCUT2D eigenvalue weighted by molar-refractivity contribution is -0.205. The summed E-state index contributed by atoms with van der Waals surface area (Å²) < 4.78 is 42.0. The predicted octanol–water partition coefficient (Wildman–Crippen LogP) is 2.64. The Labute approximate surface area is 126 Å². The highest BCUT2D eigenvalue weighted by atomic mass is 19.4. The highest BCUT2D eigenvalue weighted by Crippen LogP contribution is 2.21. The van der Waals surface area contributed by atoms with Crippen molar-refractivity contribution in [3.63, 3.8) is 0 Å². The highest BCUT2D eigenvalue weighted by molar-refractivity contribution is 5.89. The summed E-state index contributed by atoms with van der Waals surface area (Å²) in [6.07, 6.45) is -5.81. The van der Waals surface area contributed by atoms with Crippen molar-refractivity contribution >= 4 is 11.7 Å². The second kappa shape index (κ2) is 7.69. The first kappa shape index (κ1) is 17.8. The molecule has 1 aromatic rings. The Balaban J connectivity index is 2.62. The quantitative estimate of drug-likeness (QED) is 0.793. The zero-order valence-electron chi connectivity index (χ0n) is 11.9. The van der Waals surface area contributed by atoms with Crippen LogP contribution in [0.2, 0.25) is 0 Å². The molecule has 0 heterocycles. The first-order chi connectivity index (χ1) is 10.2. The number of rotatable bonds is 6. The van der Waals surface area contributed by atoms with E-state index in [-0.39, 0.29) is 6.61 Å². The molecule has 1 aromatic carbocycles. The number of nitrogens with one attached hydrogen (secondary N) is 1. The summed E-state index contributed by atoms with van der Waals surface area (Å²) in [4.78, 5) is 12.5. The molecule has 0 radical (unpaired) electrons. The van der Waals surface area contributed by atoms with Crippen molar-refractivity contribution in [3.8, 4) is 5.75 Å². The van der Waals surface area contributed by atoms with E-state index in [1.54, 1.807) is 24.3 Å². The Morgan fingerprint density at radius 1 is 1.55 bits per heavy atom. The van der Waals surface area contributed by atoms with E-state index in [1.807, 2.05) is 0 Å². The van der Waals surface area contributed by atoms with Crippen molar-refractivity contribution in [3.05, 3.63) is 36.9 Å². The zero-order valence-corrected chi connectivity index (χ0v) is 11.9. The van der Waals surface area contributed by atoms with Crippen LogP contribution in [-0.2, 0) is 0 Å². The first-order valence-electron chi connectivity index (χ1n) is 6.34.